The molecule has 6 nitrogen and oxygen atoms in total. The van der Waals surface area contributed by atoms with Gasteiger partial charge in [0.1, 0.15) is 0 Å². The Morgan fingerprint density at radius 2 is 1.66 bits per heavy atom. The Balaban J connectivity index is 1.45. The summed E-state index contributed by atoms with van der Waals surface area (Å²) in [6, 6.07) is 12.5. The van der Waals surface area contributed by atoms with Crippen molar-refractivity contribution in [2.45, 2.75) is 32.6 Å². The van der Waals surface area contributed by atoms with Crippen molar-refractivity contribution in [1.29, 1.82) is 0 Å². The zero-order chi connectivity index (χ0) is 21.2. The number of hydrogen-bond acceptors (Lipinski definition) is 3. The molecule has 0 bridgehead atoms. The fraction of sp³-hybridized carbons (Fsp3) is 0.318. The Kier molecular flexibility index (Phi) is 6.07. The lowest BCUT2D eigenvalue weighted by molar-refractivity contribution is 0.0653. The molecule has 0 atom stereocenters. The monoisotopic (exact) mass is 457 g/mol. The summed E-state index contributed by atoms with van der Waals surface area (Å²) in [6.07, 6.45) is 0.475. The van der Waals surface area contributed by atoms with Gasteiger partial charge in [-0.25, -0.2) is 4.79 Å². The number of hydrogen-bond donors (Lipinski definition) is 2. The van der Waals surface area contributed by atoms with Crippen LogP contribution in [0.3, 0.4) is 0 Å². The van der Waals surface area contributed by atoms with Crippen molar-refractivity contribution >= 4 is 39.5 Å². The van der Waals surface area contributed by atoms with E-state index in [-0.39, 0.29) is 29.8 Å². The molecule has 3 rings (SSSR count). The van der Waals surface area contributed by atoms with Crippen LogP contribution in [0, 0.1) is 0 Å². The van der Waals surface area contributed by atoms with E-state index in [1.165, 1.54) is 10.5 Å². The average molecular weight is 458 g/mol. The Hall–Kier alpha value is -2.67. The predicted octanol–water partition coefficient (Wildman–Crippen LogP) is 4.55. The van der Waals surface area contributed by atoms with E-state index >= 15 is 0 Å². The molecule has 7 heteroatoms. The minimum atomic E-state index is -0.320. The Morgan fingerprint density at radius 1 is 1.00 bits per heavy atom. The Morgan fingerprint density at radius 3 is 2.31 bits per heavy atom. The zero-order valence-electron chi connectivity index (χ0n) is 16.7. The SMILES string of the molecule is CC(C)(C)c1ccc(NC(=O)NCCCN2C(=O)c3ccc(Br)cc3C2=O)cc1. The summed E-state index contributed by atoms with van der Waals surface area (Å²) in [5.41, 5.74) is 2.79. The number of carbonyl (C=O) groups is 3. The van der Waals surface area contributed by atoms with E-state index < -0.39 is 0 Å². The van der Waals surface area contributed by atoms with Gasteiger partial charge in [0.2, 0.25) is 0 Å². The van der Waals surface area contributed by atoms with E-state index in [4.69, 9.17) is 0 Å². The number of halogens is 1. The fourth-order valence-electron chi connectivity index (χ4n) is 3.13. The lowest BCUT2D eigenvalue weighted by atomic mass is 9.87. The summed E-state index contributed by atoms with van der Waals surface area (Å²) < 4.78 is 0.758. The van der Waals surface area contributed by atoms with Gasteiger partial charge in [0.15, 0.2) is 0 Å². The first kappa shape index (κ1) is 21.0. The van der Waals surface area contributed by atoms with Gasteiger partial charge in [0.25, 0.3) is 11.8 Å². The summed E-state index contributed by atoms with van der Waals surface area (Å²) in [5.74, 6) is -0.587. The number of nitrogens with zero attached hydrogens (tertiary/aromatic N) is 1. The van der Waals surface area contributed by atoms with Crippen molar-refractivity contribution in [2.24, 2.45) is 0 Å². The highest BCUT2D eigenvalue weighted by Gasteiger charge is 2.34. The van der Waals surface area contributed by atoms with Gasteiger partial charge in [-0.15, -0.1) is 0 Å². The first-order chi connectivity index (χ1) is 13.7. The van der Waals surface area contributed by atoms with Gasteiger partial charge in [-0.3, -0.25) is 14.5 Å². The van der Waals surface area contributed by atoms with Crippen LogP contribution in [0.4, 0.5) is 10.5 Å². The second-order valence-corrected chi connectivity index (χ2v) is 8.93. The molecule has 0 aromatic heterocycles. The minimum Gasteiger partial charge on any atom is -0.338 e. The van der Waals surface area contributed by atoms with Crippen molar-refractivity contribution in [3.8, 4) is 0 Å². The molecular weight excluding hydrogens is 434 g/mol. The van der Waals surface area contributed by atoms with Crippen molar-refractivity contribution in [2.75, 3.05) is 18.4 Å². The minimum absolute atomic E-state index is 0.0565. The summed E-state index contributed by atoms with van der Waals surface area (Å²) in [4.78, 5) is 38.1. The van der Waals surface area contributed by atoms with Crippen LogP contribution >= 0.6 is 15.9 Å². The van der Waals surface area contributed by atoms with Crippen molar-refractivity contribution in [1.82, 2.24) is 10.2 Å². The largest absolute Gasteiger partial charge is 0.338 e. The maximum absolute atomic E-state index is 12.4. The van der Waals surface area contributed by atoms with Gasteiger partial charge in [0.05, 0.1) is 11.1 Å². The molecule has 1 aliphatic heterocycles. The third-order valence-corrected chi connectivity index (χ3v) is 5.28. The first-order valence-corrected chi connectivity index (χ1v) is 10.3. The molecule has 0 fully saturated rings. The number of anilines is 1. The summed E-state index contributed by atoms with van der Waals surface area (Å²) >= 11 is 3.32. The quantitative estimate of drug-likeness (QED) is 0.510. The van der Waals surface area contributed by atoms with Crippen molar-refractivity contribution in [3.05, 3.63) is 63.6 Å². The van der Waals surface area contributed by atoms with Gasteiger partial charge in [-0.1, -0.05) is 48.8 Å². The molecule has 0 unspecified atom stereocenters. The summed E-state index contributed by atoms with van der Waals surface area (Å²) in [6.45, 7) is 7.01. The number of benzene rings is 2. The van der Waals surface area contributed by atoms with Crippen molar-refractivity contribution in [3.63, 3.8) is 0 Å². The molecule has 0 radical (unpaired) electrons. The molecule has 4 amide bonds. The maximum Gasteiger partial charge on any atom is 0.319 e. The lowest BCUT2D eigenvalue weighted by Crippen LogP contribution is -2.35. The number of rotatable bonds is 5. The predicted molar refractivity (Wildman–Crippen MR) is 116 cm³/mol. The molecule has 2 aromatic carbocycles. The van der Waals surface area contributed by atoms with Gasteiger partial charge in [-0.05, 0) is 47.7 Å². The number of nitrogens with one attached hydrogen (secondary N) is 2. The normalized spacial score (nSPS) is 13.4. The highest BCUT2D eigenvalue weighted by molar-refractivity contribution is 9.10. The van der Waals surface area contributed by atoms with Crippen LogP contribution in [-0.4, -0.2) is 35.8 Å². The van der Waals surface area contributed by atoms with Gasteiger partial charge < -0.3 is 10.6 Å². The van der Waals surface area contributed by atoms with E-state index in [1.54, 1.807) is 18.2 Å². The standard InChI is InChI=1S/C22H24BrN3O3/c1-22(2,3)14-5-8-16(9-6-14)25-21(29)24-11-4-12-26-19(27)17-10-7-15(23)13-18(17)20(26)28/h5-10,13H,4,11-12H2,1-3H3,(H2,24,25,29). The molecule has 2 N–H and O–H groups in total. The lowest BCUT2D eigenvalue weighted by Gasteiger charge is -2.19. The molecular formula is C22H24BrN3O3. The van der Waals surface area contributed by atoms with Gasteiger partial charge in [0, 0.05) is 23.2 Å². The van der Waals surface area contributed by atoms with Crippen LogP contribution in [0.1, 0.15) is 53.5 Å². The van der Waals surface area contributed by atoms with E-state index in [1.807, 2.05) is 24.3 Å². The molecule has 0 aliphatic carbocycles. The third kappa shape index (κ3) is 4.85. The molecule has 0 saturated heterocycles. The van der Waals surface area contributed by atoms with Crippen LogP contribution < -0.4 is 10.6 Å². The van der Waals surface area contributed by atoms with E-state index in [0.717, 1.165) is 4.47 Å². The molecule has 29 heavy (non-hydrogen) atoms. The number of imide groups is 1. The highest BCUT2D eigenvalue weighted by Crippen LogP contribution is 2.26. The van der Waals surface area contributed by atoms with E-state index in [9.17, 15) is 14.4 Å². The molecule has 152 valence electrons. The number of urea groups is 1. The second kappa shape index (κ2) is 8.37. The van der Waals surface area contributed by atoms with Crippen LogP contribution in [-0.2, 0) is 5.41 Å². The summed E-state index contributed by atoms with van der Waals surface area (Å²) in [5, 5.41) is 5.54. The van der Waals surface area contributed by atoms with Crippen LogP contribution in [0.25, 0.3) is 0 Å². The Labute approximate surface area is 178 Å². The molecule has 0 saturated carbocycles. The fourth-order valence-corrected chi connectivity index (χ4v) is 3.50. The average Bonchev–Trinajstić information content (AvgIpc) is 2.89. The van der Waals surface area contributed by atoms with Gasteiger partial charge >= 0.3 is 6.03 Å². The smallest absolute Gasteiger partial charge is 0.319 e. The van der Waals surface area contributed by atoms with Crippen molar-refractivity contribution < 1.29 is 14.4 Å². The van der Waals surface area contributed by atoms with Crippen LogP contribution in [0.15, 0.2) is 46.9 Å². The molecule has 1 heterocycles. The van der Waals surface area contributed by atoms with Crippen LogP contribution in [0.2, 0.25) is 0 Å². The first-order valence-electron chi connectivity index (χ1n) is 9.48. The second-order valence-electron chi connectivity index (χ2n) is 8.01. The van der Waals surface area contributed by atoms with E-state index in [2.05, 4.69) is 47.3 Å². The summed E-state index contributed by atoms with van der Waals surface area (Å²) in [7, 11) is 0. The number of amides is 4. The number of carbonyl (C=O) groups excluding carboxylic acids is 3. The van der Waals surface area contributed by atoms with Crippen LogP contribution in [0.5, 0.6) is 0 Å². The number of fused-ring (bicyclic) bond motifs is 1. The molecule has 1 aliphatic rings. The molecule has 2 aromatic rings. The zero-order valence-corrected chi connectivity index (χ0v) is 18.3. The third-order valence-electron chi connectivity index (χ3n) is 4.79. The Bertz CT molecular complexity index is 949. The highest BCUT2D eigenvalue weighted by atomic mass is 79.9. The maximum atomic E-state index is 12.4. The van der Waals surface area contributed by atoms with Gasteiger partial charge in [-0.2, -0.15) is 0 Å². The van der Waals surface area contributed by atoms with E-state index in [0.29, 0.717) is 29.8 Å². The topological polar surface area (TPSA) is 78.5 Å². The molecule has 0 spiro atoms.